The second-order valence-corrected chi connectivity index (χ2v) is 3.40. The van der Waals surface area contributed by atoms with Crippen molar-refractivity contribution in [3.8, 4) is 0 Å². The molecule has 1 atom stereocenters. The molecule has 1 aliphatic rings. The van der Waals surface area contributed by atoms with Gasteiger partial charge >= 0.3 is 6.18 Å². The second-order valence-electron chi connectivity index (χ2n) is 3.40. The molecule has 5 heteroatoms. The van der Waals surface area contributed by atoms with Gasteiger partial charge in [-0.25, -0.2) is 0 Å². The Morgan fingerprint density at radius 2 is 2.15 bits per heavy atom. The Balaban J connectivity index is 2.45. The fourth-order valence-corrected chi connectivity index (χ4v) is 1.57. The van der Waals surface area contributed by atoms with Crippen molar-refractivity contribution in [2.24, 2.45) is 0 Å². The van der Waals surface area contributed by atoms with E-state index in [4.69, 9.17) is 0 Å². The average Bonchev–Trinajstić information content (AvgIpc) is 2.34. The number of carbonyl (C=O) groups is 1. The Morgan fingerprint density at radius 3 is 2.54 bits per heavy atom. The number of hydrogen-bond donors (Lipinski definition) is 0. The van der Waals surface area contributed by atoms with Gasteiger partial charge in [0.2, 0.25) is 5.78 Å². The monoisotopic (exact) mass is 195 g/mol. The lowest BCUT2D eigenvalue weighted by Gasteiger charge is -2.18. The first-order valence-electron chi connectivity index (χ1n) is 4.21. The smallest absolute Gasteiger partial charge is 0.303 e. The molecule has 0 saturated carbocycles. The molecule has 13 heavy (non-hydrogen) atoms. The van der Waals surface area contributed by atoms with E-state index < -0.39 is 12.0 Å². The van der Waals surface area contributed by atoms with Crippen LogP contribution in [0.15, 0.2) is 0 Å². The Kier molecular flexibility index (Phi) is 2.95. The van der Waals surface area contributed by atoms with Crippen LogP contribution in [-0.2, 0) is 4.79 Å². The van der Waals surface area contributed by atoms with Crippen molar-refractivity contribution in [1.82, 2.24) is 4.90 Å². The molecule has 0 aromatic rings. The van der Waals surface area contributed by atoms with Crippen LogP contribution < -0.4 is 0 Å². The van der Waals surface area contributed by atoms with Gasteiger partial charge in [-0.05, 0) is 26.4 Å². The summed E-state index contributed by atoms with van der Waals surface area (Å²) in [4.78, 5) is 12.4. The highest BCUT2D eigenvalue weighted by atomic mass is 19.4. The van der Waals surface area contributed by atoms with Gasteiger partial charge in [0.15, 0.2) is 0 Å². The highest BCUT2D eigenvalue weighted by molar-refractivity contribution is 5.84. The molecule has 1 rings (SSSR count). The summed E-state index contributed by atoms with van der Waals surface area (Å²) in [7, 11) is 1.75. The Bertz CT molecular complexity index is 202. The SMILES string of the molecule is CN1CCCC1CC(=O)C(F)(F)F. The zero-order valence-electron chi connectivity index (χ0n) is 7.40. The maximum atomic E-state index is 11.9. The van der Waals surface area contributed by atoms with E-state index in [-0.39, 0.29) is 12.5 Å². The van der Waals surface area contributed by atoms with Crippen LogP contribution in [0.4, 0.5) is 13.2 Å². The van der Waals surface area contributed by atoms with E-state index in [0.29, 0.717) is 6.42 Å². The maximum absolute atomic E-state index is 11.9. The first kappa shape index (κ1) is 10.5. The van der Waals surface area contributed by atoms with E-state index in [9.17, 15) is 18.0 Å². The predicted octanol–water partition coefficient (Wildman–Crippen LogP) is 1.60. The van der Waals surface area contributed by atoms with Gasteiger partial charge in [0.1, 0.15) is 0 Å². The number of alkyl halides is 3. The van der Waals surface area contributed by atoms with Crippen LogP contribution >= 0.6 is 0 Å². The Labute approximate surface area is 74.7 Å². The largest absolute Gasteiger partial charge is 0.450 e. The van der Waals surface area contributed by atoms with Crippen LogP contribution in [0.5, 0.6) is 0 Å². The van der Waals surface area contributed by atoms with Crippen molar-refractivity contribution in [1.29, 1.82) is 0 Å². The standard InChI is InChI=1S/C8H12F3NO/c1-12-4-2-3-6(12)5-7(13)8(9,10)11/h6H,2-5H2,1H3. The van der Waals surface area contributed by atoms with Gasteiger partial charge in [-0.15, -0.1) is 0 Å². The number of Topliss-reactive ketones (excluding diaryl/α,β-unsaturated/α-hetero) is 1. The van der Waals surface area contributed by atoms with Crippen LogP contribution in [0, 0.1) is 0 Å². The lowest BCUT2D eigenvalue weighted by Crippen LogP contribution is -2.32. The van der Waals surface area contributed by atoms with E-state index in [1.165, 1.54) is 0 Å². The second kappa shape index (κ2) is 3.65. The normalized spacial score (nSPS) is 25.1. The lowest BCUT2D eigenvalue weighted by atomic mass is 10.1. The van der Waals surface area contributed by atoms with Gasteiger partial charge in [0, 0.05) is 12.5 Å². The average molecular weight is 195 g/mol. The van der Waals surface area contributed by atoms with E-state index in [1.807, 2.05) is 4.90 Å². The van der Waals surface area contributed by atoms with Gasteiger partial charge in [-0.1, -0.05) is 0 Å². The number of ketones is 1. The molecule has 0 aliphatic carbocycles. The molecular weight excluding hydrogens is 183 g/mol. The molecule has 0 aromatic carbocycles. The Morgan fingerprint density at radius 1 is 1.54 bits per heavy atom. The molecule has 0 N–H and O–H groups in total. The summed E-state index contributed by atoms with van der Waals surface area (Å²) in [5, 5.41) is 0. The topological polar surface area (TPSA) is 20.3 Å². The van der Waals surface area contributed by atoms with Crippen LogP contribution in [-0.4, -0.2) is 36.5 Å². The third kappa shape index (κ3) is 2.69. The summed E-state index contributed by atoms with van der Waals surface area (Å²) < 4.78 is 35.6. The molecule has 1 fully saturated rings. The molecule has 0 aromatic heterocycles. The van der Waals surface area contributed by atoms with Crippen molar-refractivity contribution in [2.75, 3.05) is 13.6 Å². The molecule has 76 valence electrons. The molecule has 1 aliphatic heterocycles. The van der Waals surface area contributed by atoms with Crippen molar-refractivity contribution >= 4 is 5.78 Å². The molecule has 0 amide bonds. The summed E-state index contributed by atoms with van der Waals surface area (Å²) in [6, 6.07) is -0.214. The summed E-state index contributed by atoms with van der Waals surface area (Å²) in [5.41, 5.74) is 0. The fourth-order valence-electron chi connectivity index (χ4n) is 1.57. The molecule has 1 saturated heterocycles. The summed E-state index contributed by atoms with van der Waals surface area (Å²) >= 11 is 0. The number of carbonyl (C=O) groups excluding carboxylic acids is 1. The van der Waals surface area contributed by atoms with Crippen LogP contribution in [0.1, 0.15) is 19.3 Å². The van der Waals surface area contributed by atoms with Crippen molar-refractivity contribution in [2.45, 2.75) is 31.5 Å². The Hall–Kier alpha value is -0.580. The molecule has 1 unspecified atom stereocenters. The molecule has 0 spiro atoms. The highest BCUT2D eigenvalue weighted by Crippen LogP contribution is 2.24. The zero-order valence-corrected chi connectivity index (χ0v) is 7.40. The minimum Gasteiger partial charge on any atom is -0.303 e. The summed E-state index contributed by atoms with van der Waals surface area (Å²) in [5.74, 6) is -1.61. The summed E-state index contributed by atoms with van der Waals surface area (Å²) in [6.45, 7) is 0.788. The lowest BCUT2D eigenvalue weighted by molar-refractivity contribution is -0.172. The van der Waals surface area contributed by atoms with Crippen molar-refractivity contribution in [3.63, 3.8) is 0 Å². The van der Waals surface area contributed by atoms with E-state index in [2.05, 4.69) is 0 Å². The fraction of sp³-hybridized carbons (Fsp3) is 0.875. The van der Waals surface area contributed by atoms with Crippen molar-refractivity contribution < 1.29 is 18.0 Å². The zero-order chi connectivity index (χ0) is 10.1. The van der Waals surface area contributed by atoms with Crippen LogP contribution in [0.25, 0.3) is 0 Å². The number of hydrogen-bond acceptors (Lipinski definition) is 2. The molecule has 0 radical (unpaired) electrons. The van der Waals surface area contributed by atoms with E-state index >= 15 is 0 Å². The van der Waals surface area contributed by atoms with E-state index in [0.717, 1.165) is 13.0 Å². The molecular formula is C8H12F3NO. The number of rotatable bonds is 2. The molecule has 1 heterocycles. The third-order valence-electron chi connectivity index (χ3n) is 2.41. The summed E-state index contributed by atoms with van der Waals surface area (Å²) in [6.07, 6.45) is -3.48. The van der Waals surface area contributed by atoms with Crippen LogP contribution in [0.3, 0.4) is 0 Å². The van der Waals surface area contributed by atoms with E-state index in [1.54, 1.807) is 7.05 Å². The van der Waals surface area contributed by atoms with Gasteiger partial charge in [-0.2, -0.15) is 13.2 Å². The maximum Gasteiger partial charge on any atom is 0.450 e. The first-order valence-corrected chi connectivity index (χ1v) is 4.21. The van der Waals surface area contributed by atoms with Gasteiger partial charge in [0.25, 0.3) is 0 Å². The first-order chi connectivity index (χ1) is 5.91. The number of halogens is 3. The van der Waals surface area contributed by atoms with Gasteiger partial charge in [-0.3, -0.25) is 4.79 Å². The number of nitrogens with zero attached hydrogens (tertiary/aromatic N) is 1. The minimum atomic E-state index is -4.66. The van der Waals surface area contributed by atoms with Crippen molar-refractivity contribution in [3.05, 3.63) is 0 Å². The molecule has 0 bridgehead atoms. The van der Waals surface area contributed by atoms with Crippen LogP contribution in [0.2, 0.25) is 0 Å². The molecule has 2 nitrogen and oxygen atoms in total. The van der Waals surface area contributed by atoms with Gasteiger partial charge < -0.3 is 4.90 Å². The number of likely N-dealkylation sites (tertiary alicyclic amines) is 1. The predicted molar refractivity (Wildman–Crippen MR) is 41.3 cm³/mol. The van der Waals surface area contributed by atoms with Gasteiger partial charge in [0.05, 0.1) is 0 Å². The quantitative estimate of drug-likeness (QED) is 0.667. The highest BCUT2D eigenvalue weighted by Gasteiger charge is 2.40. The minimum absolute atomic E-state index is 0.214. The third-order valence-corrected chi connectivity index (χ3v) is 2.41.